The third-order valence-electron chi connectivity index (χ3n) is 2.55. The Morgan fingerprint density at radius 3 is 2.83 bits per heavy atom. The summed E-state index contributed by atoms with van der Waals surface area (Å²) in [5.41, 5.74) is 7.40. The van der Waals surface area contributed by atoms with Crippen molar-refractivity contribution < 1.29 is 0 Å². The maximum atomic E-state index is 7.56. The SMILES string of the molecule is Cc1c(Cl)cccc1Nc1nc(N)c(=N)n(C)n1. The second kappa shape index (κ2) is 4.66. The fourth-order valence-corrected chi connectivity index (χ4v) is 1.64. The lowest BCUT2D eigenvalue weighted by Gasteiger charge is -2.10. The van der Waals surface area contributed by atoms with Crippen molar-refractivity contribution >= 4 is 29.1 Å². The smallest absolute Gasteiger partial charge is 0.247 e. The van der Waals surface area contributed by atoms with Crippen LogP contribution in [0.5, 0.6) is 0 Å². The number of hydrogen-bond acceptors (Lipinski definition) is 5. The summed E-state index contributed by atoms with van der Waals surface area (Å²) in [4.78, 5) is 4.00. The average Bonchev–Trinajstić information content (AvgIpc) is 2.32. The zero-order chi connectivity index (χ0) is 13.3. The van der Waals surface area contributed by atoms with Gasteiger partial charge in [0, 0.05) is 17.8 Å². The molecule has 2 aromatic rings. The molecular formula is C11H13ClN6. The van der Waals surface area contributed by atoms with Gasteiger partial charge in [0.25, 0.3) is 0 Å². The Morgan fingerprint density at radius 1 is 1.44 bits per heavy atom. The molecule has 1 heterocycles. The van der Waals surface area contributed by atoms with Crippen LogP contribution < -0.4 is 16.5 Å². The quantitative estimate of drug-likeness (QED) is 0.768. The minimum atomic E-state index is 0.0726. The number of nitrogens with two attached hydrogens (primary N) is 1. The van der Waals surface area contributed by atoms with E-state index in [1.165, 1.54) is 4.68 Å². The topological polar surface area (TPSA) is 92.6 Å². The summed E-state index contributed by atoms with van der Waals surface area (Å²) in [6.07, 6.45) is 0. The van der Waals surface area contributed by atoms with E-state index in [4.69, 9.17) is 22.7 Å². The van der Waals surface area contributed by atoms with Crippen LogP contribution in [-0.4, -0.2) is 14.8 Å². The van der Waals surface area contributed by atoms with Crippen molar-refractivity contribution in [1.82, 2.24) is 14.8 Å². The zero-order valence-electron chi connectivity index (χ0n) is 10.0. The van der Waals surface area contributed by atoms with Gasteiger partial charge < -0.3 is 11.1 Å². The number of anilines is 3. The molecule has 1 aromatic heterocycles. The van der Waals surface area contributed by atoms with Gasteiger partial charge in [0.05, 0.1) is 0 Å². The van der Waals surface area contributed by atoms with Crippen molar-refractivity contribution in [1.29, 1.82) is 5.41 Å². The maximum Gasteiger partial charge on any atom is 0.247 e. The van der Waals surface area contributed by atoms with Gasteiger partial charge in [-0.3, -0.25) is 5.41 Å². The summed E-state index contributed by atoms with van der Waals surface area (Å²) < 4.78 is 1.35. The molecule has 0 aliphatic carbocycles. The number of halogens is 1. The van der Waals surface area contributed by atoms with E-state index in [1.807, 2.05) is 25.1 Å². The van der Waals surface area contributed by atoms with Crippen LogP contribution in [0.2, 0.25) is 5.02 Å². The lowest BCUT2D eigenvalue weighted by Crippen LogP contribution is -2.25. The van der Waals surface area contributed by atoms with Crippen molar-refractivity contribution in [3.8, 4) is 0 Å². The van der Waals surface area contributed by atoms with E-state index in [2.05, 4.69) is 15.4 Å². The van der Waals surface area contributed by atoms with Crippen LogP contribution in [0.1, 0.15) is 5.56 Å². The van der Waals surface area contributed by atoms with E-state index in [0.717, 1.165) is 11.3 Å². The van der Waals surface area contributed by atoms with E-state index in [9.17, 15) is 0 Å². The van der Waals surface area contributed by atoms with Crippen molar-refractivity contribution in [2.45, 2.75) is 6.92 Å². The number of aryl methyl sites for hydroxylation is 1. The van der Waals surface area contributed by atoms with Gasteiger partial charge in [0.2, 0.25) is 5.95 Å². The molecule has 0 saturated carbocycles. The number of nitrogens with one attached hydrogen (secondary N) is 2. The Kier molecular flexibility index (Phi) is 3.20. The van der Waals surface area contributed by atoms with Crippen LogP contribution in [-0.2, 0) is 7.05 Å². The first-order valence-corrected chi connectivity index (χ1v) is 5.64. The fourth-order valence-electron chi connectivity index (χ4n) is 1.46. The molecule has 6 nitrogen and oxygen atoms in total. The summed E-state index contributed by atoms with van der Waals surface area (Å²) in [5, 5.41) is 15.3. The van der Waals surface area contributed by atoms with Crippen LogP contribution >= 0.6 is 11.6 Å². The molecule has 0 fully saturated rings. The number of benzene rings is 1. The third kappa shape index (κ3) is 2.28. The first kappa shape index (κ1) is 12.4. The van der Waals surface area contributed by atoms with E-state index >= 15 is 0 Å². The van der Waals surface area contributed by atoms with Gasteiger partial charge in [-0.2, -0.15) is 4.98 Å². The van der Waals surface area contributed by atoms with Gasteiger partial charge in [-0.1, -0.05) is 17.7 Å². The number of aromatic nitrogens is 3. The minimum Gasteiger partial charge on any atom is -0.380 e. The van der Waals surface area contributed by atoms with Crippen molar-refractivity contribution in [3.05, 3.63) is 34.3 Å². The second-order valence-electron chi connectivity index (χ2n) is 3.83. The van der Waals surface area contributed by atoms with Gasteiger partial charge in [-0.05, 0) is 24.6 Å². The number of nitrogens with zero attached hydrogens (tertiary/aromatic N) is 3. The van der Waals surface area contributed by atoms with Crippen LogP contribution in [0.4, 0.5) is 17.5 Å². The average molecular weight is 265 g/mol. The van der Waals surface area contributed by atoms with Crippen LogP contribution in [0.3, 0.4) is 0 Å². The van der Waals surface area contributed by atoms with Gasteiger partial charge >= 0.3 is 0 Å². The predicted molar refractivity (Wildman–Crippen MR) is 70.7 cm³/mol. The number of nitrogen functional groups attached to an aromatic ring is 1. The highest BCUT2D eigenvalue weighted by Crippen LogP contribution is 2.24. The van der Waals surface area contributed by atoms with E-state index in [1.54, 1.807) is 7.05 Å². The summed E-state index contributed by atoms with van der Waals surface area (Å²) in [7, 11) is 1.64. The molecule has 7 heteroatoms. The highest BCUT2D eigenvalue weighted by molar-refractivity contribution is 6.31. The molecule has 0 aliphatic heterocycles. The first-order valence-electron chi connectivity index (χ1n) is 5.26. The Morgan fingerprint density at radius 2 is 2.17 bits per heavy atom. The first-order chi connectivity index (χ1) is 8.49. The van der Waals surface area contributed by atoms with Crippen molar-refractivity contribution in [2.24, 2.45) is 7.05 Å². The van der Waals surface area contributed by atoms with Crippen LogP contribution in [0.15, 0.2) is 18.2 Å². The van der Waals surface area contributed by atoms with Crippen molar-refractivity contribution in [3.63, 3.8) is 0 Å². The zero-order valence-corrected chi connectivity index (χ0v) is 10.8. The molecule has 94 valence electrons. The molecule has 0 saturated heterocycles. The molecule has 0 atom stereocenters. The standard InChI is InChI=1S/C11H13ClN6/c1-6-7(12)4-3-5-8(6)15-11-16-9(13)10(14)18(2)17-11/h3-5,14H,1-2H3,(H3,13,15,16,17). The van der Waals surface area contributed by atoms with E-state index in [-0.39, 0.29) is 11.3 Å². The molecule has 18 heavy (non-hydrogen) atoms. The Bertz CT molecular complexity index is 622. The summed E-state index contributed by atoms with van der Waals surface area (Å²) in [6.45, 7) is 1.90. The maximum absolute atomic E-state index is 7.56. The summed E-state index contributed by atoms with van der Waals surface area (Å²) in [5.74, 6) is 0.450. The predicted octanol–water partition coefficient (Wildman–Crippen LogP) is 1.58. The monoisotopic (exact) mass is 264 g/mol. The van der Waals surface area contributed by atoms with E-state index in [0.29, 0.717) is 11.0 Å². The lowest BCUT2D eigenvalue weighted by molar-refractivity contribution is 0.675. The van der Waals surface area contributed by atoms with Crippen LogP contribution in [0, 0.1) is 12.3 Å². The van der Waals surface area contributed by atoms with Gasteiger partial charge in [0.1, 0.15) is 0 Å². The summed E-state index contributed by atoms with van der Waals surface area (Å²) in [6, 6.07) is 5.51. The molecule has 0 unspecified atom stereocenters. The van der Waals surface area contributed by atoms with E-state index < -0.39 is 0 Å². The molecule has 2 rings (SSSR count). The highest BCUT2D eigenvalue weighted by atomic mass is 35.5. The molecule has 1 aromatic carbocycles. The molecule has 4 N–H and O–H groups in total. The molecule has 0 bridgehead atoms. The third-order valence-corrected chi connectivity index (χ3v) is 2.96. The fraction of sp³-hybridized carbons (Fsp3) is 0.182. The molecule has 0 aliphatic rings. The summed E-state index contributed by atoms with van der Waals surface area (Å²) >= 11 is 6.03. The number of rotatable bonds is 2. The van der Waals surface area contributed by atoms with Gasteiger partial charge in [-0.25, -0.2) is 4.68 Å². The Labute approximate surface area is 109 Å². The lowest BCUT2D eigenvalue weighted by atomic mass is 10.2. The Hall–Kier alpha value is -2.08. The van der Waals surface area contributed by atoms with Crippen LogP contribution in [0.25, 0.3) is 0 Å². The second-order valence-corrected chi connectivity index (χ2v) is 4.24. The molecule has 0 spiro atoms. The molecular weight excluding hydrogens is 252 g/mol. The number of hydrogen-bond donors (Lipinski definition) is 3. The highest BCUT2D eigenvalue weighted by Gasteiger charge is 2.06. The normalized spacial score (nSPS) is 10.4. The largest absolute Gasteiger partial charge is 0.380 e. The van der Waals surface area contributed by atoms with Gasteiger partial charge in [-0.15, -0.1) is 5.10 Å². The Balaban J connectivity index is 2.40. The molecule has 0 radical (unpaired) electrons. The minimum absolute atomic E-state index is 0.0726. The van der Waals surface area contributed by atoms with Gasteiger partial charge in [0.15, 0.2) is 11.3 Å². The molecule has 0 amide bonds. The van der Waals surface area contributed by atoms with Crippen molar-refractivity contribution in [2.75, 3.05) is 11.1 Å².